The number of carbonyl (C=O) groups is 1. The maximum absolute atomic E-state index is 13.0. The van der Waals surface area contributed by atoms with Crippen LogP contribution in [0.1, 0.15) is 21.5 Å². The summed E-state index contributed by atoms with van der Waals surface area (Å²) in [7, 11) is 0. The van der Waals surface area contributed by atoms with Gasteiger partial charge >= 0.3 is 6.18 Å². The standard InChI is InChI=1S/C23H16ClF3N4O/c1-12-18(13-5-6-20-15(7-13)11-29-22(28)31-20)9-17(10-19(12)24)30-21(32)14-3-2-4-16(8-14)23(25,26)27/h2-11H,1H3,(H,30,32)(H2,28,29,31). The molecule has 0 saturated heterocycles. The van der Waals surface area contributed by atoms with Crippen molar-refractivity contribution in [2.75, 3.05) is 11.1 Å². The fraction of sp³-hybridized carbons (Fsp3) is 0.0870. The zero-order valence-corrected chi connectivity index (χ0v) is 17.4. The van der Waals surface area contributed by atoms with Crippen LogP contribution in [0, 0.1) is 6.92 Å². The molecule has 9 heteroatoms. The number of hydrogen-bond donors (Lipinski definition) is 2. The van der Waals surface area contributed by atoms with Gasteiger partial charge in [-0.3, -0.25) is 4.79 Å². The van der Waals surface area contributed by atoms with Gasteiger partial charge in [0.05, 0.1) is 11.1 Å². The molecule has 32 heavy (non-hydrogen) atoms. The van der Waals surface area contributed by atoms with E-state index in [1.807, 2.05) is 19.1 Å². The first-order valence-corrected chi connectivity index (χ1v) is 9.81. The maximum Gasteiger partial charge on any atom is 0.416 e. The Balaban J connectivity index is 1.69. The van der Waals surface area contributed by atoms with Gasteiger partial charge < -0.3 is 11.1 Å². The largest absolute Gasteiger partial charge is 0.416 e. The molecule has 1 aromatic heterocycles. The fourth-order valence-corrected chi connectivity index (χ4v) is 3.53. The first-order valence-electron chi connectivity index (χ1n) is 9.43. The van der Waals surface area contributed by atoms with Gasteiger partial charge in [-0.05, 0) is 66.1 Å². The van der Waals surface area contributed by atoms with E-state index in [-0.39, 0.29) is 11.5 Å². The molecule has 3 aromatic carbocycles. The summed E-state index contributed by atoms with van der Waals surface area (Å²) >= 11 is 6.38. The highest BCUT2D eigenvalue weighted by Gasteiger charge is 2.30. The summed E-state index contributed by atoms with van der Waals surface area (Å²) in [5.74, 6) is -0.506. The Hall–Kier alpha value is -3.65. The maximum atomic E-state index is 13.0. The van der Waals surface area contributed by atoms with E-state index in [0.29, 0.717) is 16.2 Å². The van der Waals surface area contributed by atoms with Gasteiger partial charge in [0, 0.05) is 27.9 Å². The smallest absolute Gasteiger partial charge is 0.368 e. The number of nitrogens with two attached hydrogens (primary N) is 1. The zero-order chi connectivity index (χ0) is 23.0. The van der Waals surface area contributed by atoms with Gasteiger partial charge in [0.25, 0.3) is 5.91 Å². The van der Waals surface area contributed by atoms with Gasteiger partial charge in [0.15, 0.2) is 0 Å². The Morgan fingerprint density at radius 2 is 1.88 bits per heavy atom. The molecular formula is C23H16ClF3N4O. The second-order valence-electron chi connectivity index (χ2n) is 7.17. The number of hydrogen-bond acceptors (Lipinski definition) is 4. The third-order valence-corrected chi connectivity index (χ3v) is 5.36. The molecule has 5 nitrogen and oxygen atoms in total. The van der Waals surface area contributed by atoms with Crippen LogP contribution in [0.2, 0.25) is 5.02 Å². The average molecular weight is 457 g/mol. The number of nitrogens with zero attached hydrogens (tertiary/aromatic N) is 2. The lowest BCUT2D eigenvalue weighted by Gasteiger charge is -2.14. The van der Waals surface area contributed by atoms with Crippen LogP contribution in [-0.4, -0.2) is 15.9 Å². The van der Waals surface area contributed by atoms with E-state index >= 15 is 0 Å². The minimum atomic E-state index is -4.54. The molecule has 0 saturated carbocycles. The number of alkyl halides is 3. The van der Waals surface area contributed by atoms with E-state index < -0.39 is 17.6 Å². The van der Waals surface area contributed by atoms with Crippen LogP contribution >= 0.6 is 11.6 Å². The summed E-state index contributed by atoms with van der Waals surface area (Å²) in [6.45, 7) is 1.83. The van der Waals surface area contributed by atoms with Crippen molar-refractivity contribution >= 4 is 40.0 Å². The molecule has 0 unspecified atom stereocenters. The predicted octanol–water partition coefficient (Wildman–Crippen LogP) is 6.11. The van der Waals surface area contributed by atoms with Gasteiger partial charge in [-0.2, -0.15) is 13.2 Å². The molecule has 162 valence electrons. The molecule has 1 amide bonds. The van der Waals surface area contributed by atoms with Crippen molar-refractivity contribution in [3.8, 4) is 11.1 Å². The van der Waals surface area contributed by atoms with E-state index in [4.69, 9.17) is 17.3 Å². The normalized spacial score (nSPS) is 11.5. The lowest BCUT2D eigenvalue weighted by Crippen LogP contribution is -2.14. The number of rotatable bonds is 3. The molecule has 0 aliphatic carbocycles. The minimum absolute atomic E-state index is 0.112. The first-order chi connectivity index (χ1) is 15.1. The number of aromatic nitrogens is 2. The summed E-state index contributed by atoms with van der Waals surface area (Å²) in [5, 5.41) is 3.80. The van der Waals surface area contributed by atoms with E-state index in [0.717, 1.165) is 34.2 Å². The third-order valence-electron chi connectivity index (χ3n) is 4.96. The molecule has 3 N–H and O–H groups in total. The van der Waals surface area contributed by atoms with Crippen molar-refractivity contribution in [2.24, 2.45) is 0 Å². The average Bonchev–Trinajstić information content (AvgIpc) is 2.75. The fourth-order valence-electron chi connectivity index (χ4n) is 3.31. The second-order valence-corrected chi connectivity index (χ2v) is 7.57. The number of amides is 1. The molecule has 0 aliphatic rings. The summed E-state index contributed by atoms with van der Waals surface area (Å²) in [5.41, 5.74) is 7.98. The van der Waals surface area contributed by atoms with Crippen LogP contribution in [0.5, 0.6) is 0 Å². The number of fused-ring (bicyclic) bond motifs is 1. The highest BCUT2D eigenvalue weighted by molar-refractivity contribution is 6.32. The van der Waals surface area contributed by atoms with Crippen molar-refractivity contribution in [1.29, 1.82) is 0 Å². The number of anilines is 2. The molecular weight excluding hydrogens is 441 g/mol. The van der Waals surface area contributed by atoms with E-state index in [1.165, 1.54) is 12.1 Å². The Labute approximate surface area is 186 Å². The van der Waals surface area contributed by atoms with Gasteiger partial charge in [-0.1, -0.05) is 23.7 Å². The van der Waals surface area contributed by atoms with E-state index in [1.54, 1.807) is 24.4 Å². The van der Waals surface area contributed by atoms with Crippen LogP contribution in [0.15, 0.2) is 60.8 Å². The van der Waals surface area contributed by atoms with E-state index in [9.17, 15) is 18.0 Å². The molecule has 4 aromatic rings. The summed E-state index contributed by atoms with van der Waals surface area (Å²) < 4.78 is 38.9. The Morgan fingerprint density at radius 1 is 1.09 bits per heavy atom. The highest BCUT2D eigenvalue weighted by Crippen LogP contribution is 2.34. The predicted molar refractivity (Wildman–Crippen MR) is 119 cm³/mol. The molecule has 1 heterocycles. The Morgan fingerprint density at radius 3 is 2.62 bits per heavy atom. The van der Waals surface area contributed by atoms with Crippen molar-refractivity contribution in [3.63, 3.8) is 0 Å². The summed E-state index contributed by atoms with van der Waals surface area (Å²) in [4.78, 5) is 20.8. The first kappa shape index (κ1) is 21.6. The quantitative estimate of drug-likeness (QED) is 0.389. The molecule has 4 rings (SSSR count). The summed E-state index contributed by atoms with van der Waals surface area (Å²) in [6, 6.07) is 13.0. The topological polar surface area (TPSA) is 80.9 Å². The molecule has 0 spiro atoms. The lowest BCUT2D eigenvalue weighted by atomic mass is 9.98. The molecule has 0 fully saturated rings. The molecule has 0 atom stereocenters. The van der Waals surface area contributed by atoms with E-state index in [2.05, 4.69) is 15.3 Å². The number of carbonyl (C=O) groups excluding carboxylic acids is 1. The Bertz CT molecular complexity index is 1360. The van der Waals surface area contributed by atoms with Gasteiger partial charge in [0.2, 0.25) is 5.95 Å². The van der Waals surface area contributed by atoms with Crippen molar-refractivity contribution in [2.45, 2.75) is 13.1 Å². The third kappa shape index (κ3) is 4.36. The van der Waals surface area contributed by atoms with Crippen molar-refractivity contribution in [1.82, 2.24) is 9.97 Å². The SMILES string of the molecule is Cc1c(Cl)cc(NC(=O)c2cccc(C(F)(F)F)c2)cc1-c1ccc2nc(N)ncc2c1. The minimum Gasteiger partial charge on any atom is -0.368 e. The zero-order valence-electron chi connectivity index (χ0n) is 16.7. The van der Waals surface area contributed by atoms with Gasteiger partial charge in [-0.15, -0.1) is 0 Å². The monoisotopic (exact) mass is 456 g/mol. The summed E-state index contributed by atoms with van der Waals surface area (Å²) in [6.07, 6.45) is -2.93. The number of nitrogens with one attached hydrogen (secondary N) is 1. The molecule has 0 radical (unpaired) electrons. The van der Waals surface area contributed by atoms with Gasteiger partial charge in [-0.25, -0.2) is 9.97 Å². The van der Waals surface area contributed by atoms with Crippen LogP contribution in [0.4, 0.5) is 24.8 Å². The van der Waals surface area contributed by atoms with Gasteiger partial charge in [0.1, 0.15) is 0 Å². The number of nitrogen functional groups attached to an aromatic ring is 1. The van der Waals surface area contributed by atoms with Crippen LogP contribution in [0.25, 0.3) is 22.0 Å². The van der Waals surface area contributed by atoms with Crippen LogP contribution < -0.4 is 11.1 Å². The molecule has 0 bridgehead atoms. The highest BCUT2D eigenvalue weighted by atomic mass is 35.5. The van der Waals surface area contributed by atoms with Crippen LogP contribution in [0.3, 0.4) is 0 Å². The Kier molecular flexibility index (Phi) is 5.48. The number of halogens is 4. The van der Waals surface area contributed by atoms with Crippen molar-refractivity contribution < 1.29 is 18.0 Å². The second kappa shape index (κ2) is 8.12. The number of benzene rings is 3. The van der Waals surface area contributed by atoms with Crippen molar-refractivity contribution in [3.05, 3.63) is 82.5 Å². The lowest BCUT2D eigenvalue weighted by molar-refractivity contribution is -0.137. The molecule has 0 aliphatic heterocycles. The van der Waals surface area contributed by atoms with Crippen LogP contribution in [-0.2, 0) is 6.18 Å².